The van der Waals surface area contributed by atoms with Gasteiger partial charge in [0.25, 0.3) is 0 Å². The summed E-state index contributed by atoms with van der Waals surface area (Å²) in [5.74, 6) is 0. The monoisotopic (exact) mass is 217 g/mol. The molecule has 0 unspecified atom stereocenters. The third-order valence-electron chi connectivity index (χ3n) is 2.64. The zero-order chi connectivity index (χ0) is 11.8. The lowest BCUT2D eigenvalue weighted by Gasteiger charge is -2.19. The maximum atomic E-state index is 5.84. The normalized spacial score (nSPS) is 12.2. The van der Waals surface area contributed by atoms with Crippen molar-refractivity contribution in [2.24, 2.45) is 0 Å². The first kappa shape index (κ1) is 11.2. The quantitative estimate of drug-likeness (QED) is 0.750. The number of aromatic nitrogens is 1. The van der Waals surface area contributed by atoms with Crippen LogP contribution < -0.4 is 0 Å². The number of hydrogen-bond donors (Lipinski definition) is 0. The summed E-state index contributed by atoms with van der Waals surface area (Å²) in [6.07, 6.45) is 2.09. The number of pyridine rings is 1. The SMILES string of the molecule is Cc1cc2ccccn2c1COC(C)(C)C. The van der Waals surface area contributed by atoms with E-state index in [1.807, 2.05) is 6.07 Å². The fourth-order valence-electron chi connectivity index (χ4n) is 1.78. The first-order chi connectivity index (χ1) is 7.47. The molecular formula is C14H19NO. The van der Waals surface area contributed by atoms with E-state index < -0.39 is 0 Å². The Hall–Kier alpha value is -1.28. The van der Waals surface area contributed by atoms with Crippen molar-refractivity contribution in [2.45, 2.75) is 39.9 Å². The highest BCUT2D eigenvalue weighted by Crippen LogP contribution is 2.19. The van der Waals surface area contributed by atoms with Gasteiger partial charge in [0.2, 0.25) is 0 Å². The van der Waals surface area contributed by atoms with Crippen LogP contribution in [-0.4, -0.2) is 10.0 Å². The van der Waals surface area contributed by atoms with E-state index in [0.717, 1.165) is 0 Å². The van der Waals surface area contributed by atoms with Crippen LogP contribution in [0.5, 0.6) is 0 Å². The molecule has 2 heteroatoms. The first-order valence-electron chi connectivity index (χ1n) is 5.67. The third kappa shape index (κ3) is 2.27. The van der Waals surface area contributed by atoms with E-state index in [1.54, 1.807) is 0 Å². The Labute approximate surface area is 96.9 Å². The van der Waals surface area contributed by atoms with Gasteiger partial charge >= 0.3 is 0 Å². The number of fused-ring (bicyclic) bond motifs is 1. The van der Waals surface area contributed by atoms with Crippen molar-refractivity contribution in [1.82, 2.24) is 4.40 Å². The van der Waals surface area contributed by atoms with Gasteiger partial charge in [-0.1, -0.05) is 6.07 Å². The minimum Gasteiger partial charge on any atom is -0.370 e. The van der Waals surface area contributed by atoms with Crippen LogP contribution in [-0.2, 0) is 11.3 Å². The van der Waals surface area contributed by atoms with Crippen molar-refractivity contribution in [1.29, 1.82) is 0 Å². The van der Waals surface area contributed by atoms with Crippen molar-refractivity contribution >= 4 is 5.52 Å². The Morgan fingerprint density at radius 3 is 2.69 bits per heavy atom. The fourth-order valence-corrected chi connectivity index (χ4v) is 1.78. The topological polar surface area (TPSA) is 13.6 Å². The fraction of sp³-hybridized carbons (Fsp3) is 0.429. The van der Waals surface area contributed by atoms with Gasteiger partial charge in [0, 0.05) is 11.7 Å². The highest BCUT2D eigenvalue weighted by molar-refractivity contribution is 5.52. The van der Waals surface area contributed by atoms with Gasteiger partial charge in [-0.2, -0.15) is 0 Å². The molecule has 16 heavy (non-hydrogen) atoms. The van der Waals surface area contributed by atoms with Crippen molar-refractivity contribution in [3.05, 3.63) is 41.7 Å². The molecule has 0 aliphatic heterocycles. The van der Waals surface area contributed by atoms with Crippen LogP contribution in [0, 0.1) is 6.92 Å². The van der Waals surface area contributed by atoms with Crippen molar-refractivity contribution < 1.29 is 4.74 Å². The number of nitrogens with zero attached hydrogens (tertiary/aromatic N) is 1. The van der Waals surface area contributed by atoms with Gasteiger partial charge in [-0.15, -0.1) is 0 Å². The largest absolute Gasteiger partial charge is 0.370 e. The summed E-state index contributed by atoms with van der Waals surface area (Å²) in [4.78, 5) is 0. The Bertz CT molecular complexity index is 491. The smallest absolute Gasteiger partial charge is 0.0881 e. The Morgan fingerprint density at radius 1 is 1.25 bits per heavy atom. The van der Waals surface area contributed by atoms with Gasteiger partial charge in [0.15, 0.2) is 0 Å². The van der Waals surface area contributed by atoms with Gasteiger partial charge in [-0.3, -0.25) is 0 Å². The number of rotatable bonds is 2. The maximum Gasteiger partial charge on any atom is 0.0881 e. The Kier molecular flexibility index (Phi) is 2.76. The van der Waals surface area contributed by atoms with Crippen molar-refractivity contribution in [2.75, 3.05) is 0 Å². The minimum atomic E-state index is -0.0919. The molecule has 86 valence electrons. The molecule has 0 radical (unpaired) electrons. The van der Waals surface area contributed by atoms with E-state index in [0.29, 0.717) is 6.61 Å². The molecule has 0 atom stereocenters. The molecule has 2 aromatic rings. The van der Waals surface area contributed by atoms with E-state index in [-0.39, 0.29) is 5.60 Å². The van der Waals surface area contributed by atoms with E-state index in [4.69, 9.17) is 4.74 Å². The average Bonchev–Trinajstić information content (AvgIpc) is 2.49. The van der Waals surface area contributed by atoms with Gasteiger partial charge in [0.05, 0.1) is 17.9 Å². The second kappa shape index (κ2) is 3.95. The summed E-state index contributed by atoms with van der Waals surface area (Å²) in [7, 11) is 0. The first-order valence-corrected chi connectivity index (χ1v) is 5.67. The molecule has 0 fully saturated rings. The van der Waals surface area contributed by atoms with Crippen LogP contribution >= 0.6 is 0 Å². The molecule has 0 N–H and O–H groups in total. The summed E-state index contributed by atoms with van der Waals surface area (Å²) >= 11 is 0. The molecule has 0 aromatic carbocycles. The van der Waals surface area contributed by atoms with E-state index in [9.17, 15) is 0 Å². The highest BCUT2D eigenvalue weighted by atomic mass is 16.5. The second-order valence-corrected chi connectivity index (χ2v) is 5.17. The molecule has 2 aromatic heterocycles. The van der Waals surface area contributed by atoms with Gasteiger partial charge in [-0.25, -0.2) is 0 Å². The molecule has 0 bridgehead atoms. The highest BCUT2D eigenvalue weighted by Gasteiger charge is 2.13. The van der Waals surface area contributed by atoms with Gasteiger partial charge in [-0.05, 0) is 51.5 Å². The lowest BCUT2D eigenvalue weighted by atomic mass is 10.2. The summed E-state index contributed by atoms with van der Waals surface area (Å²) in [6.45, 7) is 9.04. The summed E-state index contributed by atoms with van der Waals surface area (Å²) in [5.41, 5.74) is 3.67. The van der Waals surface area contributed by atoms with Crippen molar-refractivity contribution in [3.8, 4) is 0 Å². The molecule has 2 heterocycles. The Balaban J connectivity index is 2.33. The van der Waals surface area contributed by atoms with Crippen LogP contribution in [0.1, 0.15) is 32.0 Å². The van der Waals surface area contributed by atoms with Crippen LogP contribution in [0.2, 0.25) is 0 Å². The average molecular weight is 217 g/mol. The number of hydrogen-bond acceptors (Lipinski definition) is 1. The summed E-state index contributed by atoms with van der Waals surface area (Å²) in [5, 5.41) is 0. The lowest BCUT2D eigenvalue weighted by molar-refractivity contribution is -0.0169. The maximum absolute atomic E-state index is 5.84. The standard InChI is InChI=1S/C14H19NO/c1-11-9-12-7-5-6-8-15(12)13(11)10-16-14(2,3)4/h5-9H,10H2,1-4H3. The second-order valence-electron chi connectivity index (χ2n) is 5.17. The Morgan fingerprint density at radius 2 is 2.00 bits per heavy atom. The molecule has 0 amide bonds. The third-order valence-corrected chi connectivity index (χ3v) is 2.64. The van der Waals surface area contributed by atoms with E-state index in [2.05, 4.69) is 56.5 Å². The lowest BCUT2D eigenvalue weighted by Crippen LogP contribution is -2.19. The van der Waals surface area contributed by atoms with Gasteiger partial charge < -0.3 is 9.14 Å². The summed E-state index contributed by atoms with van der Waals surface area (Å²) in [6, 6.07) is 8.42. The van der Waals surface area contributed by atoms with Crippen LogP contribution in [0.3, 0.4) is 0 Å². The van der Waals surface area contributed by atoms with Crippen LogP contribution in [0.15, 0.2) is 30.5 Å². The zero-order valence-corrected chi connectivity index (χ0v) is 10.4. The molecule has 0 spiro atoms. The molecule has 2 rings (SSSR count). The van der Waals surface area contributed by atoms with E-state index >= 15 is 0 Å². The number of aryl methyl sites for hydroxylation is 1. The number of ether oxygens (including phenoxy) is 1. The zero-order valence-electron chi connectivity index (χ0n) is 10.4. The van der Waals surface area contributed by atoms with Crippen molar-refractivity contribution in [3.63, 3.8) is 0 Å². The molecule has 0 aliphatic rings. The van der Waals surface area contributed by atoms with E-state index in [1.165, 1.54) is 16.8 Å². The molecule has 0 saturated heterocycles. The van der Waals surface area contributed by atoms with Gasteiger partial charge in [0.1, 0.15) is 0 Å². The molecular weight excluding hydrogens is 198 g/mol. The summed E-state index contributed by atoms with van der Waals surface area (Å²) < 4.78 is 8.04. The predicted octanol–water partition coefficient (Wildman–Crippen LogP) is 3.56. The minimum absolute atomic E-state index is 0.0919. The van der Waals surface area contributed by atoms with Crippen LogP contribution in [0.4, 0.5) is 0 Å². The molecule has 0 saturated carbocycles. The molecule has 0 aliphatic carbocycles. The predicted molar refractivity (Wildman–Crippen MR) is 66.7 cm³/mol. The molecule has 2 nitrogen and oxygen atoms in total. The van der Waals surface area contributed by atoms with Crippen LogP contribution in [0.25, 0.3) is 5.52 Å².